The third-order valence-corrected chi connectivity index (χ3v) is 4.77. The van der Waals surface area contributed by atoms with E-state index in [4.69, 9.17) is 11.6 Å². The van der Waals surface area contributed by atoms with Crippen LogP contribution in [0.25, 0.3) is 0 Å². The van der Waals surface area contributed by atoms with Gasteiger partial charge in [0.2, 0.25) is 0 Å². The molecule has 0 radical (unpaired) electrons. The van der Waals surface area contributed by atoms with E-state index >= 15 is 0 Å². The largest absolute Gasteiger partial charge is 0.345 e. The van der Waals surface area contributed by atoms with Crippen LogP contribution in [0.3, 0.4) is 0 Å². The molecular weight excluding hydrogens is 318 g/mol. The summed E-state index contributed by atoms with van der Waals surface area (Å²) in [5.74, 6) is -0.370. The zero-order chi connectivity index (χ0) is 14.9. The highest BCUT2D eigenvalue weighted by Gasteiger charge is 2.19. The summed E-state index contributed by atoms with van der Waals surface area (Å²) < 4.78 is 2.42. The van der Waals surface area contributed by atoms with Crippen molar-refractivity contribution in [1.29, 1.82) is 0 Å². The first-order chi connectivity index (χ1) is 9.29. The fourth-order valence-corrected chi connectivity index (χ4v) is 3.32. The Labute approximate surface area is 129 Å². The van der Waals surface area contributed by atoms with Crippen molar-refractivity contribution in [2.75, 3.05) is 0 Å². The van der Waals surface area contributed by atoms with Crippen molar-refractivity contribution in [3.05, 3.63) is 36.3 Å². The van der Waals surface area contributed by atoms with Gasteiger partial charge in [-0.05, 0) is 0 Å². The van der Waals surface area contributed by atoms with Crippen molar-refractivity contribution < 1.29 is 4.79 Å². The zero-order valence-corrected chi connectivity index (χ0v) is 13.6. The Morgan fingerprint density at radius 3 is 2.70 bits per heavy atom. The van der Waals surface area contributed by atoms with Crippen molar-refractivity contribution in [3.8, 4) is 0 Å². The summed E-state index contributed by atoms with van der Waals surface area (Å²) in [5.41, 5.74) is 0.546. The van der Waals surface area contributed by atoms with Gasteiger partial charge in [-0.15, -0.1) is 11.3 Å². The molecular formula is C12H14ClN3O2S2. The molecule has 2 heterocycles. The summed E-state index contributed by atoms with van der Waals surface area (Å²) in [6.45, 7) is 6.58. The second-order valence-electron chi connectivity index (χ2n) is 5.24. The Morgan fingerprint density at radius 2 is 2.20 bits per heavy atom. The first-order valence-corrected chi connectivity index (χ1v) is 7.96. The minimum atomic E-state index is -0.439. The van der Waals surface area contributed by atoms with Crippen LogP contribution in [0.2, 0.25) is 5.02 Å². The van der Waals surface area contributed by atoms with Crippen LogP contribution in [-0.4, -0.2) is 15.3 Å². The average molecular weight is 332 g/mol. The van der Waals surface area contributed by atoms with Gasteiger partial charge in [0.15, 0.2) is 0 Å². The number of H-pyrrole nitrogens is 1. The smallest absolute Gasteiger partial charge is 0.277 e. The highest BCUT2D eigenvalue weighted by atomic mass is 35.5. The summed E-state index contributed by atoms with van der Waals surface area (Å²) >= 11 is 8.17. The number of amides is 1. The van der Waals surface area contributed by atoms with Crippen LogP contribution < -0.4 is 10.9 Å². The molecule has 108 valence electrons. The molecule has 2 aromatic rings. The number of hydrogen-bond donors (Lipinski definition) is 2. The van der Waals surface area contributed by atoms with E-state index in [-0.39, 0.29) is 21.2 Å². The molecule has 0 aromatic carbocycles. The number of nitrogens with one attached hydrogen (secondary N) is 2. The first-order valence-electron chi connectivity index (χ1n) is 5.89. The van der Waals surface area contributed by atoms with Gasteiger partial charge in [-0.1, -0.05) is 43.9 Å². The first kappa shape index (κ1) is 15.2. The maximum Gasteiger partial charge on any atom is 0.277 e. The standard InChI is InChI=1S/C12H14ClN3O2S2/c1-12(2,3)6-5-19-7(15-6)4-14-11(18)9-8(13)10(17)16-20-9/h5H,4H2,1-3H3,(H,14,18)(H,16,17). The van der Waals surface area contributed by atoms with E-state index in [1.807, 2.05) is 5.38 Å². The van der Waals surface area contributed by atoms with Crippen molar-refractivity contribution in [1.82, 2.24) is 14.7 Å². The monoisotopic (exact) mass is 331 g/mol. The lowest BCUT2D eigenvalue weighted by Gasteiger charge is -2.14. The van der Waals surface area contributed by atoms with Gasteiger partial charge in [0, 0.05) is 10.8 Å². The highest BCUT2D eigenvalue weighted by Crippen LogP contribution is 2.24. The molecule has 2 rings (SSSR count). The molecule has 8 heteroatoms. The van der Waals surface area contributed by atoms with E-state index in [0.29, 0.717) is 6.54 Å². The minimum Gasteiger partial charge on any atom is -0.345 e. The number of aromatic nitrogens is 2. The second kappa shape index (κ2) is 5.67. The number of nitrogens with zero attached hydrogens (tertiary/aromatic N) is 1. The third-order valence-electron chi connectivity index (χ3n) is 2.57. The molecule has 0 spiro atoms. The van der Waals surface area contributed by atoms with Gasteiger partial charge in [0.05, 0.1) is 12.2 Å². The fraction of sp³-hybridized carbons (Fsp3) is 0.417. The van der Waals surface area contributed by atoms with Crippen LogP contribution in [0, 0.1) is 0 Å². The number of carbonyl (C=O) groups excluding carboxylic acids is 1. The number of rotatable bonds is 3. The molecule has 0 aliphatic heterocycles. The molecule has 20 heavy (non-hydrogen) atoms. The molecule has 5 nitrogen and oxygen atoms in total. The summed E-state index contributed by atoms with van der Waals surface area (Å²) in [5, 5.41) is 5.45. The zero-order valence-electron chi connectivity index (χ0n) is 11.2. The van der Waals surface area contributed by atoms with Crippen molar-refractivity contribution in [2.45, 2.75) is 32.7 Å². The molecule has 2 N–H and O–H groups in total. The maximum atomic E-state index is 11.9. The van der Waals surface area contributed by atoms with Crippen molar-refractivity contribution >= 4 is 40.4 Å². The van der Waals surface area contributed by atoms with E-state index in [1.165, 1.54) is 11.3 Å². The second-order valence-corrected chi connectivity index (χ2v) is 7.37. The molecule has 0 fully saturated rings. The van der Waals surface area contributed by atoms with Gasteiger partial charge in [0.25, 0.3) is 11.5 Å². The molecule has 1 amide bonds. The predicted octanol–water partition coefficient (Wildman–Crippen LogP) is 2.77. The molecule has 0 bridgehead atoms. The third kappa shape index (κ3) is 3.28. The maximum absolute atomic E-state index is 11.9. The van der Waals surface area contributed by atoms with Crippen LogP contribution in [0.1, 0.15) is 41.1 Å². The fourth-order valence-electron chi connectivity index (χ4n) is 1.41. The number of carbonyl (C=O) groups is 1. The SMILES string of the molecule is CC(C)(C)c1csc(CNC(=O)c2s[nH]c(=O)c2Cl)n1. The van der Waals surface area contributed by atoms with Gasteiger partial charge in [-0.3, -0.25) is 14.0 Å². The Morgan fingerprint density at radius 1 is 1.50 bits per heavy atom. The van der Waals surface area contributed by atoms with Crippen LogP contribution in [0.4, 0.5) is 0 Å². The van der Waals surface area contributed by atoms with E-state index in [2.05, 4.69) is 35.4 Å². The molecule has 0 aliphatic carbocycles. The summed E-state index contributed by atoms with van der Waals surface area (Å²) in [6, 6.07) is 0. The number of halogens is 1. The van der Waals surface area contributed by atoms with E-state index in [0.717, 1.165) is 22.2 Å². The Balaban J connectivity index is 2.02. The summed E-state index contributed by atoms with van der Waals surface area (Å²) in [4.78, 5) is 27.7. The Bertz CT molecular complexity index is 681. The number of hydrogen-bond acceptors (Lipinski definition) is 5. The normalized spacial score (nSPS) is 11.6. The Kier molecular flexibility index (Phi) is 4.31. The minimum absolute atomic E-state index is 0.0117. The summed E-state index contributed by atoms with van der Waals surface area (Å²) in [7, 11) is 0. The average Bonchev–Trinajstić information content (AvgIpc) is 2.95. The van der Waals surface area contributed by atoms with Gasteiger partial charge in [-0.25, -0.2) is 4.98 Å². The van der Waals surface area contributed by atoms with Crippen LogP contribution >= 0.6 is 34.5 Å². The molecule has 0 aliphatic rings. The quantitative estimate of drug-likeness (QED) is 0.908. The van der Waals surface area contributed by atoms with Crippen molar-refractivity contribution in [3.63, 3.8) is 0 Å². The Hall–Kier alpha value is -1.18. The summed E-state index contributed by atoms with van der Waals surface area (Å²) in [6.07, 6.45) is 0. The molecule has 0 saturated heterocycles. The lowest BCUT2D eigenvalue weighted by atomic mass is 9.93. The van der Waals surface area contributed by atoms with E-state index in [1.54, 1.807) is 0 Å². The van der Waals surface area contributed by atoms with Crippen molar-refractivity contribution in [2.24, 2.45) is 0 Å². The number of thiazole rings is 1. The van der Waals surface area contributed by atoms with Gasteiger partial charge in [-0.2, -0.15) is 0 Å². The van der Waals surface area contributed by atoms with Gasteiger partial charge >= 0.3 is 0 Å². The molecule has 0 atom stereocenters. The molecule has 0 saturated carbocycles. The highest BCUT2D eigenvalue weighted by molar-refractivity contribution is 7.09. The predicted molar refractivity (Wildman–Crippen MR) is 81.9 cm³/mol. The molecule has 0 unspecified atom stereocenters. The lowest BCUT2D eigenvalue weighted by molar-refractivity contribution is 0.0955. The van der Waals surface area contributed by atoms with Crippen LogP contribution in [0.5, 0.6) is 0 Å². The lowest BCUT2D eigenvalue weighted by Crippen LogP contribution is -2.22. The van der Waals surface area contributed by atoms with E-state index < -0.39 is 5.56 Å². The van der Waals surface area contributed by atoms with Crippen LogP contribution in [0.15, 0.2) is 10.2 Å². The van der Waals surface area contributed by atoms with E-state index in [9.17, 15) is 9.59 Å². The topological polar surface area (TPSA) is 74.8 Å². The van der Waals surface area contributed by atoms with Gasteiger partial charge < -0.3 is 5.32 Å². The molecule has 2 aromatic heterocycles. The van der Waals surface area contributed by atoms with Gasteiger partial charge in [0.1, 0.15) is 14.9 Å². The van der Waals surface area contributed by atoms with Crippen LogP contribution in [-0.2, 0) is 12.0 Å². The number of aromatic amines is 1.